The van der Waals surface area contributed by atoms with Gasteiger partial charge in [0.25, 0.3) is 0 Å². The Morgan fingerprint density at radius 3 is 1.50 bits per heavy atom. The second kappa shape index (κ2) is 13.3. The summed E-state index contributed by atoms with van der Waals surface area (Å²) >= 11 is 1.84. The predicted molar refractivity (Wildman–Crippen MR) is 233 cm³/mol. The molecule has 3 heterocycles. The number of fused-ring (bicyclic) bond motifs is 6. The normalized spacial score (nSPS) is 11.6. The fraction of sp³-hybridized carbons (Fsp3) is 0. The molecule has 4 nitrogen and oxygen atoms in total. The van der Waals surface area contributed by atoms with E-state index in [4.69, 9.17) is 19.4 Å². The molecule has 0 unspecified atom stereocenters. The molecule has 8 aromatic carbocycles. The molecular formula is C51H31N3OS. The van der Waals surface area contributed by atoms with E-state index in [0.29, 0.717) is 17.5 Å². The second-order valence-electron chi connectivity index (χ2n) is 13.9. The lowest BCUT2D eigenvalue weighted by molar-refractivity contribution is 0.670. The van der Waals surface area contributed by atoms with Crippen molar-refractivity contribution in [3.8, 4) is 67.5 Å². The first-order valence-electron chi connectivity index (χ1n) is 18.7. The highest BCUT2D eigenvalue weighted by atomic mass is 32.1. The van der Waals surface area contributed by atoms with Gasteiger partial charge in [0.2, 0.25) is 0 Å². The lowest BCUT2D eigenvalue weighted by atomic mass is 9.94. The predicted octanol–water partition coefficient (Wildman–Crippen LogP) is 14.1. The summed E-state index contributed by atoms with van der Waals surface area (Å²) < 4.78 is 9.53. The van der Waals surface area contributed by atoms with Crippen LogP contribution >= 0.6 is 11.3 Å². The molecule has 0 fully saturated rings. The topological polar surface area (TPSA) is 51.8 Å². The van der Waals surface area contributed by atoms with Crippen molar-refractivity contribution in [2.45, 2.75) is 0 Å². The molecule has 262 valence electrons. The number of rotatable bonds is 6. The molecule has 0 N–H and O–H groups in total. The smallest absolute Gasteiger partial charge is 0.167 e. The quantitative estimate of drug-likeness (QED) is 0.171. The number of thiophene rings is 1. The van der Waals surface area contributed by atoms with Crippen molar-refractivity contribution < 1.29 is 4.42 Å². The third-order valence-corrected chi connectivity index (χ3v) is 11.8. The summed E-state index contributed by atoms with van der Waals surface area (Å²) in [5.41, 5.74) is 11.2. The molecule has 0 saturated heterocycles. The zero-order valence-corrected chi connectivity index (χ0v) is 30.9. The molecule has 0 atom stereocenters. The van der Waals surface area contributed by atoms with Gasteiger partial charge in [-0.25, -0.2) is 15.0 Å². The molecule has 5 heteroatoms. The Morgan fingerprint density at radius 1 is 0.321 bits per heavy atom. The summed E-state index contributed by atoms with van der Waals surface area (Å²) in [4.78, 5) is 15.2. The summed E-state index contributed by atoms with van der Waals surface area (Å²) in [6, 6.07) is 65.5. The summed E-state index contributed by atoms with van der Waals surface area (Å²) in [6.07, 6.45) is 0. The van der Waals surface area contributed by atoms with Crippen LogP contribution in [0, 0.1) is 0 Å². The largest absolute Gasteiger partial charge is 0.455 e. The lowest BCUT2D eigenvalue weighted by Crippen LogP contribution is -2.00. The van der Waals surface area contributed by atoms with Gasteiger partial charge in [0.05, 0.1) is 5.56 Å². The summed E-state index contributed by atoms with van der Waals surface area (Å²) in [5, 5.41) is 4.60. The van der Waals surface area contributed by atoms with Gasteiger partial charge in [0.1, 0.15) is 11.2 Å². The lowest BCUT2D eigenvalue weighted by Gasteiger charge is -2.10. The maximum absolute atomic E-state index is 7.02. The number of hydrogen-bond acceptors (Lipinski definition) is 5. The van der Waals surface area contributed by atoms with Gasteiger partial charge < -0.3 is 4.42 Å². The minimum Gasteiger partial charge on any atom is -0.455 e. The SMILES string of the molecule is c1ccc(-c2ccc(-c3nc(-c4ccccc4)nc(-c4cccc5c4oc4c(-c6ccc(-c7ccccc7)c7c6sc6ccccc67)cccc45)n3)cc2)cc1. The average Bonchev–Trinajstić information content (AvgIpc) is 3.87. The Kier molecular flexibility index (Phi) is 7.64. The molecule has 0 amide bonds. The van der Waals surface area contributed by atoms with Crippen molar-refractivity contribution in [1.29, 1.82) is 0 Å². The van der Waals surface area contributed by atoms with E-state index in [-0.39, 0.29) is 0 Å². The van der Waals surface area contributed by atoms with Gasteiger partial charge in [-0.1, -0.05) is 176 Å². The van der Waals surface area contributed by atoms with Crippen LogP contribution in [0.5, 0.6) is 0 Å². The van der Waals surface area contributed by atoms with Gasteiger partial charge in [0, 0.05) is 53.2 Å². The Morgan fingerprint density at radius 2 is 0.804 bits per heavy atom. The molecule has 56 heavy (non-hydrogen) atoms. The van der Waals surface area contributed by atoms with Gasteiger partial charge in [-0.2, -0.15) is 0 Å². The molecule has 0 radical (unpaired) electrons. The first kappa shape index (κ1) is 32.2. The number of aromatic nitrogens is 3. The van der Waals surface area contributed by atoms with Crippen molar-refractivity contribution in [3.63, 3.8) is 0 Å². The molecule has 11 aromatic rings. The van der Waals surface area contributed by atoms with Gasteiger partial charge in [0.15, 0.2) is 17.5 Å². The van der Waals surface area contributed by atoms with Crippen molar-refractivity contribution >= 4 is 53.4 Å². The standard InChI is InChI=1S/C51H31N3OS/c1-4-14-32(15-5-1)33-26-28-36(29-27-33)50-52-49(35-18-8-3-9-19-35)53-51(54-50)43-24-13-22-39-38-21-12-23-40(46(38)55-47(39)43)41-31-30-37(34-16-6-2-7-17-34)45-42-20-10-11-25-44(42)56-48(41)45/h1-31H. The molecule has 3 aromatic heterocycles. The van der Waals surface area contributed by atoms with Gasteiger partial charge in [-0.05, 0) is 34.4 Å². The molecule has 0 aliphatic rings. The van der Waals surface area contributed by atoms with E-state index in [0.717, 1.165) is 60.9 Å². The minimum atomic E-state index is 0.561. The van der Waals surface area contributed by atoms with Crippen LogP contribution in [0.4, 0.5) is 0 Å². The Labute approximate surface area is 327 Å². The van der Waals surface area contributed by atoms with Crippen LogP contribution in [0.25, 0.3) is 110 Å². The van der Waals surface area contributed by atoms with Gasteiger partial charge in [-0.15, -0.1) is 11.3 Å². The highest BCUT2D eigenvalue weighted by molar-refractivity contribution is 7.26. The molecule has 0 aliphatic heterocycles. The van der Waals surface area contributed by atoms with Crippen molar-refractivity contribution in [3.05, 3.63) is 188 Å². The van der Waals surface area contributed by atoms with Crippen LogP contribution in [0.3, 0.4) is 0 Å². The van der Waals surface area contributed by atoms with E-state index in [1.54, 1.807) is 0 Å². The van der Waals surface area contributed by atoms with Crippen LogP contribution in [0.1, 0.15) is 0 Å². The highest BCUT2D eigenvalue weighted by Gasteiger charge is 2.22. The molecular weight excluding hydrogens is 703 g/mol. The highest BCUT2D eigenvalue weighted by Crippen LogP contribution is 2.47. The van der Waals surface area contributed by atoms with Crippen molar-refractivity contribution in [2.24, 2.45) is 0 Å². The summed E-state index contributed by atoms with van der Waals surface area (Å²) in [7, 11) is 0. The van der Waals surface area contributed by atoms with E-state index in [1.807, 2.05) is 47.7 Å². The molecule has 0 bridgehead atoms. The van der Waals surface area contributed by atoms with Crippen LogP contribution in [0.15, 0.2) is 192 Å². The maximum Gasteiger partial charge on any atom is 0.167 e. The van der Waals surface area contributed by atoms with Crippen LogP contribution in [-0.2, 0) is 0 Å². The van der Waals surface area contributed by atoms with Gasteiger partial charge >= 0.3 is 0 Å². The molecule has 0 spiro atoms. The Hall–Kier alpha value is -7.21. The van der Waals surface area contributed by atoms with Gasteiger partial charge in [-0.3, -0.25) is 0 Å². The zero-order valence-electron chi connectivity index (χ0n) is 30.1. The molecule has 0 saturated carbocycles. The number of para-hydroxylation sites is 2. The van der Waals surface area contributed by atoms with E-state index in [2.05, 4.69) is 152 Å². The summed E-state index contributed by atoms with van der Waals surface area (Å²) in [6.45, 7) is 0. The third kappa shape index (κ3) is 5.40. The number of hydrogen-bond donors (Lipinski definition) is 0. The number of benzene rings is 8. The van der Waals surface area contributed by atoms with Crippen LogP contribution in [-0.4, -0.2) is 15.0 Å². The van der Waals surface area contributed by atoms with Crippen LogP contribution in [0.2, 0.25) is 0 Å². The monoisotopic (exact) mass is 733 g/mol. The van der Waals surface area contributed by atoms with E-state index in [9.17, 15) is 0 Å². The van der Waals surface area contributed by atoms with Crippen LogP contribution < -0.4 is 0 Å². The third-order valence-electron chi connectivity index (χ3n) is 10.6. The van der Waals surface area contributed by atoms with E-state index < -0.39 is 0 Å². The number of furan rings is 1. The first-order chi connectivity index (χ1) is 27.8. The maximum atomic E-state index is 7.02. The Balaban J connectivity index is 1.10. The molecule has 11 rings (SSSR count). The first-order valence-corrected chi connectivity index (χ1v) is 19.5. The Bertz CT molecular complexity index is 3230. The minimum absolute atomic E-state index is 0.561. The van der Waals surface area contributed by atoms with Crippen molar-refractivity contribution in [2.75, 3.05) is 0 Å². The number of nitrogens with zero attached hydrogens (tertiary/aromatic N) is 3. The van der Waals surface area contributed by atoms with E-state index >= 15 is 0 Å². The zero-order chi connectivity index (χ0) is 37.0. The average molecular weight is 734 g/mol. The van der Waals surface area contributed by atoms with E-state index in [1.165, 1.54) is 31.3 Å². The summed E-state index contributed by atoms with van der Waals surface area (Å²) in [5.74, 6) is 1.77. The fourth-order valence-electron chi connectivity index (χ4n) is 7.89. The van der Waals surface area contributed by atoms with Crippen molar-refractivity contribution in [1.82, 2.24) is 15.0 Å². The fourth-order valence-corrected chi connectivity index (χ4v) is 9.15. The second-order valence-corrected chi connectivity index (χ2v) is 15.0. The molecule has 0 aliphatic carbocycles.